The SMILES string of the molecule is COc1ccc(C)cc1N=C=NC(C)C. The van der Waals surface area contributed by atoms with E-state index in [0.717, 1.165) is 17.0 Å². The zero-order valence-corrected chi connectivity index (χ0v) is 9.61. The Labute approximate surface area is 90.5 Å². The van der Waals surface area contributed by atoms with Gasteiger partial charge in [-0.05, 0) is 38.5 Å². The molecule has 0 bridgehead atoms. The van der Waals surface area contributed by atoms with Gasteiger partial charge in [-0.25, -0.2) is 4.99 Å². The highest BCUT2D eigenvalue weighted by atomic mass is 16.5. The third kappa shape index (κ3) is 3.56. The Morgan fingerprint density at radius 2 is 2.07 bits per heavy atom. The highest BCUT2D eigenvalue weighted by molar-refractivity contribution is 5.60. The van der Waals surface area contributed by atoms with Gasteiger partial charge in [-0.3, -0.25) is 0 Å². The van der Waals surface area contributed by atoms with Crippen LogP contribution in [0.15, 0.2) is 28.2 Å². The summed E-state index contributed by atoms with van der Waals surface area (Å²) in [6.07, 6.45) is 0. The van der Waals surface area contributed by atoms with E-state index in [-0.39, 0.29) is 6.04 Å². The van der Waals surface area contributed by atoms with Crippen LogP contribution in [-0.2, 0) is 0 Å². The molecule has 0 aromatic heterocycles. The molecular weight excluding hydrogens is 188 g/mol. The predicted molar refractivity (Wildman–Crippen MR) is 62.4 cm³/mol. The first kappa shape index (κ1) is 11.5. The predicted octanol–water partition coefficient (Wildman–Crippen LogP) is 3.22. The van der Waals surface area contributed by atoms with Crippen LogP contribution in [0.1, 0.15) is 19.4 Å². The van der Waals surface area contributed by atoms with E-state index in [2.05, 4.69) is 16.0 Å². The van der Waals surface area contributed by atoms with Crippen LogP contribution in [-0.4, -0.2) is 19.2 Å². The first-order valence-corrected chi connectivity index (χ1v) is 4.93. The summed E-state index contributed by atoms with van der Waals surface area (Å²) in [5.74, 6) is 0.743. The molecule has 0 unspecified atom stereocenters. The van der Waals surface area contributed by atoms with Crippen LogP contribution in [0, 0.1) is 6.92 Å². The summed E-state index contributed by atoms with van der Waals surface area (Å²) in [6.45, 7) is 5.98. The Kier molecular flexibility index (Phi) is 4.07. The Hall–Kier alpha value is -1.60. The van der Waals surface area contributed by atoms with Crippen molar-refractivity contribution in [3.63, 3.8) is 0 Å². The first-order valence-electron chi connectivity index (χ1n) is 4.93. The van der Waals surface area contributed by atoms with Crippen LogP contribution in [0.4, 0.5) is 5.69 Å². The molecule has 3 heteroatoms. The van der Waals surface area contributed by atoms with E-state index in [4.69, 9.17) is 4.74 Å². The molecule has 0 heterocycles. The number of ether oxygens (including phenoxy) is 1. The minimum Gasteiger partial charge on any atom is -0.494 e. The minimum absolute atomic E-state index is 0.213. The van der Waals surface area contributed by atoms with Gasteiger partial charge in [0.1, 0.15) is 11.4 Å². The molecule has 0 radical (unpaired) electrons. The largest absolute Gasteiger partial charge is 0.494 e. The molecule has 1 aromatic carbocycles. The van der Waals surface area contributed by atoms with Gasteiger partial charge in [0.2, 0.25) is 0 Å². The molecular formula is C12H16N2O. The van der Waals surface area contributed by atoms with Gasteiger partial charge in [0, 0.05) is 0 Å². The number of hydrogen-bond donors (Lipinski definition) is 0. The molecule has 15 heavy (non-hydrogen) atoms. The maximum Gasteiger partial charge on any atom is 0.145 e. The molecule has 0 spiro atoms. The van der Waals surface area contributed by atoms with Crippen molar-refractivity contribution in [3.8, 4) is 5.75 Å². The fraction of sp³-hybridized carbons (Fsp3) is 0.417. The van der Waals surface area contributed by atoms with Crippen molar-refractivity contribution in [3.05, 3.63) is 23.8 Å². The van der Waals surface area contributed by atoms with E-state index in [9.17, 15) is 0 Å². The lowest BCUT2D eigenvalue weighted by Crippen LogP contribution is -1.86. The molecule has 0 saturated heterocycles. The van der Waals surface area contributed by atoms with Gasteiger partial charge in [-0.2, -0.15) is 4.99 Å². The molecule has 0 fully saturated rings. The van der Waals surface area contributed by atoms with Gasteiger partial charge in [0.05, 0.1) is 19.2 Å². The number of nitrogens with zero attached hydrogens (tertiary/aromatic N) is 2. The normalized spacial score (nSPS) is 9.67. The Bertz CT molecular complexity index is 391. The van der Waals surface area contributed by atoms with Gasteiger partial charge in [-0.15, -0.1) is 0 Å². The zero-order chi connectivity index (χ0) is 11.3. The molecule has 1 rings (SSSR count). The van der Waals surface area contributed by atoms with Crippen molar-refractivity contribution in [2.75, 3.05) is 7.11 Å². The van der Waals surface area contributed by atoms with Crippen molar-refractivity contribution in [1.29, 1.82) is 0 Å². The molecule has 3 nitrogen and oxygen atoms in total. The topological polar surface area (TPSA) is 34.0 Å². The Morgan fingerprint density at radius 3 is 2.67 bits per heavy atom. The first-order chi connectivity index (χ1) is 7.13. The molecule has 0 aliphatic carbocycles. The maximum atomic E-state index is 5.18. The number of aliphatic imine (C=N–C) groups is 2. The number of aryl methyl sites for hydroxylation is 1. The van der Waals surface area contributed by atoms with Crippen molar-refractivity contribution in [2.24, 2.45) is 9.98 Å². The summed E-state index contributed by atoms with van der Waals surface area (Å²) in [4.78, 5) is 8.19. The van der Waals surface area contributed by atoms with Crippen LogP contribution in [0.2, 0.25) is 0 Å². The highest BCUT2D eigenvalue weighted by Gasteiger charge is 1.99. The van der Waals surface area contributed by atoms with E-state index in [1.54, 1.807) is 7.11 Å². The average molecular weight is 204 g/mol. The standard InChI is InChI=1S/C12H16N2O/c1-9(2)13-8-14-11-7-10(3)5-6-12(11)15-4/h5-7,9H,1-4H3. The summed E-state index contributed by atoms with van der Waals surface area (Å²) in [6, 6.07) is 8.71. The van der Waals surface area contributed by atoms with Crippen molar-refractivity contribution in [1.82, 2.24) is 0 Å². The smallest absolute Gasteiger partial charge is 0.145 e. The second-order valence-corrected chi connectivity index (χ2v) is 3.61. The molecule has 0 aliphatic rings. The molecule has 0 N–H and O–H groups in total. The fourth-order valence-electron chi connectivity index (χ4n) is 1.09. The number of hydrogen-bond acceptors (Lipinski definition) is 3. The summed E-state index contributed by atoms with van der Waals surface area (Å²) in [5.41, 5.74) is 1.91. The summed E-state index contributed by atoms with van der Waals surface area (Å²) in [7, 11) is 1.63. The lowest BCUT2D eigenvalue weighted by Gasteiger charge is -2.03. The molecule has 0 atom stereocenters. The third-order valence-electron chi connectivity index (χ3n) is 1.82. The van der Waals surface area contributed by atoms with Crippen molar-refractivity contribution in [2.45, 2.75) is 26.8 Å². The number of benzene rings is 1. The second kappa shape index (κ2) is 5.32. The monoisotopic (exact) mass is 204 g/mol. The summed E-state index contributed by atoms with van der Waals surface area (Å²) >= 11 is 0. The summed E-state index contributed by atoms with van der Waals surface area (Å²) < 4.78 is 5.18. The quantitative estimate of drug-likeness (QED) is 0.696. The van der Waals surface area contributed by atoms with Crippen LogP contribution >= 0.6 is 0 Å². The van der Waals surface area contributed by atoms with Crippen LogP contribution in [0.25, 0.3) is 0 Å². The fourth-order valence-corrected chi connectivity index (χ4v) is 1.09. The molecule has 1 aromatic rings. The second-order valence-electron chi connectivity index (χ2n) is 3.61. The van der Waals surface area contributed by atoms with E-state index in [1.807, 2.05) is 39.0 Å². The van der Waals surface area contributed by atoms with Gasteiger partial charge in [0.15, 0.2) is 0 Å². The van der Waals surface area contributed by atoms with Crippen molar-refractivity contribution >= 4 is 11.7 Å². The lowest BCUT2D eigenvalue weighted by molar-refractivity contribution is 0.416. The Balaban J connectivity index is 3.02. The van der Waals surface area contributed by atoms with E-state index in [1.165, 1.54) is 0 Å². The van der Waals surface area contributed by atoms with Crippen molar-refractivity contribution < 1.29 is 4.74 Å². The van der Waals surface area contributed by atoms with Crippen LogP contribution in [0.3, 0.4) is 0 Å². The van der Waals surface area contributed by atoms with Crippen LogP contribution < -0.4 is 4.74 Å². The van der Waals surface area contributed by atoms with Gasteiger partial charge in [0.25, 0.3) is 0 Å². The van der Waals surface area contributed by atoms with E-state index in [0.29, 0.717) is 0 Å². The molecule has 80 valence electrons. The number of methoxy groups -OCH3 is 1. The van der Waals surface area contributed by atoms with E-state index >= 15 is 0 Å². The molecule has 0 amide bonds. The minimum atomic E-state index is 0.213. The maximum absolute atomic E-state index is 5.18. The molecule has 0 saturated carbocycles. The summed E-state index contributed by atoms with van der Waals surface area (Å²) in [5, 5.41) is 0. The van der Waals surface area contributed by atoms with E-state index < -0.39 is 0 Å². The van der Waals surface area contributed by atoms with Gasteiger partial charge < -0.3 is 4.74 Å². The molecule has 0 aliphatic heterocycles. The zero-order valence-electron chi connectivity index (χ0n) is 9.61. The lowest BCUT2D eigenvalue weighted by atomic mass is 10.2. The van der Waals surface area contributed by atoms with Gasteiger partial charge in [-0.1, -0.05) is 6.07 Å². The third-order valence-corrected chi connectivity index (χ3v) is 1.82. The highest BCUT2D eigenvalue weighted by Crippen LogP contribution is 2.27. The average Bonchev–Trinajstić information content (AvgIpc) is 2.17. The Morgan fingerprint density at radius 1 is 1.33 bits per heavy atom. The van der Waals surface area contributed by atoms with Crippen LogP contribution in [0.5, 0.6) is 5.75 Å². The van der Waals surface area contributed by atoms with Gasteiger partial charge >= 0.3 is 0 Å². The number of rotatable bonds is 3.